The van der Waals surface area contributed by atoms with Crippen molar-refractivity contribution in [1.82, 2.24) is 0 Å². The van der Waals surface area contributed by atoms with Crippen molar-refractivity contribution in [2.24, 2.45) is 0 Å². The van der Waals surface area contributed by atoms with Crippen LogP contribution >= 0.6 is 0 Å². The summed E-state index contributed by atoms with van der Waals surface area (Å²) in [5.41, 5.74) is 0. The Morgan fingerprint density at radius 1 is 0.632 bits per heavy atom. The van der Waals surface area contributed by atoms with E-state index in [1.807, 2.05) is 8.37 Å². The zero-order chi connectivity index (χ0) is 15.9. The maximum absolute atomic E-state index is 12.1. The first-order valence-electron chi connectivity index (χ1n) is 3.35. The average molecular weight is 348 g/mol. The molecule has 0 aromatic rings. The molecular formula is C3F8O6S2. The molecule has 0 amide bonds. The van der Waals surface area contributed by atoms with Crippen LogP contribution in [0.15, 0.2) is 0 Å². The van der Waals surface area contributed by atoms with Gasteiger partial charge in [0.25, 0.3) is 0 Å². The van der Waals surface area contributed by atoms with Gasteiger partial charge in [-0.05, 0) is 0 Å². The lowest BCUT2D eigenvalue weighted by molar-refractivity contribution is -0.422. The molecule has 0 rings (SSSR count). The van der Waals surface area contributed by atoms with Crippen LogP contribution in [0.3, 0.4) is 0 Å². The highest BCUT2D eigenvalue weighted by atomic mass is 32.3. The molecule has 0 atom stereocenters. The van der Waals surface area contributed by atoms with Crippen LogP contribution in [0.2, 0.25) is 0 Å². The van der Waals surface area contributed by atoms with Crippen molar-refractivity contribution in [3.05, 3.63) is 0 Å². The van der Waals surface area contributed by atoms with E-state index in [1.165, 1.54) is 0 Å². The van der Waals surface area contributed by atoms with Gasteiger partial charge in [-0.15, -0.1) is 0 Å². The number of rotatable bonds is 4. The third-order valence-electron chi connectivity index (χ3n) is 1.18. The summed E-state index contributed by atoms with van der Waals surface area (Å²) in [5.74, 6) is -6.58. The van der Waals surface area contributed by atoms with Gasteiger partial charge in [-0.2, -0.15) is 51.5 Å². The van der Waals surface area contributed by atoms with Gasteiger partial charge in [-0.1, -0.05) is 7.77 Å². The molecule has 0 aliphatic carbocycles. The summed E-state index contributed by atoms with van der Waals surface area (Å²) in [6.45, 7) is 0. The first-order chi connectivity index (χ1) is 7.91. The minimum absolute atomic E-state index is 1.94. The molecule has 0 aliphatic heterocycles. The van der Waals surface area contributed by atoms with Crippen molar-refractivity contribution in [1.29, 1.82) is 0 Å². The van der Waals surface area contributed by atoms with Crippen molar-refractivity contribution >= 4 is 21.0 Å². The quantitative estimate of drug-likeness (QED) is 0.432. The van der Waals surface area contributed by atoms with Crippen molar-refractivity contribution < 1.29 is 59.3 Å². The molecule has 0 aromatic heterocycles. The maximum atomic E-state index is 12.1. The Morgan fingerprint density at radius 3 is 0.947 bits per heavy atom. The maximum Gasteiger partial charge on any atom is 0.455 e. The molecule has 116 valence electrons. The Bertz CT molecular complexity index is 476. The normalized spacial score (nSPS) is 15.6. The monoisotopic (exact) mass is 348 g/mol. The van der Waals surface area contributed by atoms with E-state index in [1.54, 1.807) is 0 Å². The lowest BCUT2D eigenvalue weighted by Gasteiger charge is -2.32. The molecular weight excluding hydrogens is 348 g/mol. The van der Waals surface area contributed by atoms with Crippen molar-refractivity contribution in [2.45, 2.75) is 18.1 Å². The van der Waals surface area contributed by atoms with E-state index >= 15 is 0 Å². The fourth-order valence-corrected chi connectivity index (χ4v) is 1.69. The second-order valence-corrected chi connectivity index (χ2v) is 4.47. The first kappa shape index (κ1) is 18.3. The van der Waals surface area contributed by atoms with Gasteiger partial charge in [0, 0.05) is 0 Å². The standard InChI is InChI=1S/C3F8O6S2/c4-2(5,6)1(3(7,8)9,16-18(10,12)13)17-19(11,14)15. The highest BCUT2D eigenvalue weighted by Crippen LogP contribution is 2.48. The molecule has 19 heavy (non-hydrogen) atoms. The second kappa shape index (κ2) is 4.67. The van der Waals surface area contributed by atoms with Gasteiger partial charge in [0.05, 0.1) is 0 Å². The number of hydrogen-bond acceptors (Lipinski definition) is 6. The van der Waals surface area contributed by atoms with Crippen LogP contribution < -0.4 is 0 Å². The first-order valence-corrected chi connectivity index (χ1v) is 5.97. The predicted octanol–water partition coefficient (Wildman–Crippen LogP) is 1.27. The second-order valence-electron chi connectivity index (χ2n) is 2.56. The minimum atomic E-state index is -7.02. The Labute approximate surface area is 99.3 Å². The Morgan fingerprint density at radius 2 is 0.842 bits per heavy atom. The molecule has 0 spiro atoms. The summed E-state index contributed by atoms with van der Waals surface area (Å²) in [4.78, 5) is 0. The van der Waals surface area contributed by atoms with Crippen molar-refractivity contribution in [3.63, 3.8) is 0 Å². The highest BCUT2D eigenvalue weighted by Gasteiger charge is 2.79. The van der Waals surface area contributed by atoms with E-state index in [2.05, 4.69) is 0 Å². The van der Waals surface area contributed by atoms with E-state index in [-0.39, 0.29) is 0 Å². The van der Waals surface area contributed by atoms with Gasteiger partial charge in [0.2, 0.25) is 0 Å². The van der Waals surface area contributed by atoms with E-state index in [0.717, 1.165) is 0 Å². The van der Waals surface area contributed by atoms with Crippen LogP contribution in [0.25, 0.3) is 0 Å². The van der Waals surface area contributed by atoms with Gasteiger partial charge in [-0.25, -0.2) is 0 Å². The molecule has 0 aliphatic rings. The summed E-state index contributed by atoms with van der Waals surface area (Å²) in [6.07, 6.45) is -14.0. The third-order valence-corrected chi connectivity index (χ3v) is 2.05. The smallest absolute Gasteiger partial charge is 0.189 e. The van der Waals surface area contributed by atoms with Gasteiger partial charge in [-0.3, -0.25) is 0 Å². The summed E-state index contributed by atoms with van der Waals surface area (Å²) < 4.78 is 139. The Balaban J connectivity index is 6.22. The lowest BCUT2D eigenvalue weighted by Crippen LogP contribution is -2.61. The van der Waals surface area contributed by atoms with E-state index < -0.39 is 39.1 Å². The highest BCUT2D eigenvalue weighted by molar-refractivity contribution is 7.82. The molecule has 0 radical (unpaired) electrons. The SMILES string of the molecule is O=S(=O)(F)OC(OS(=O)(=O)F)(C(F)(F)F)C(F)(F)F. The van der Waals surface area contributed by atoms with Crippen LogP contribution in [0.5, 0.6) is 0 Å². The Hall–Kier alpha value is -0.740. The molecule has 0 saturated carbocycles. The van der Waals surface area contributed by atoms with E-state index in [9.17, 15) is 50.9 Å². The summed E-state index contributed by atoms with van der Waals surface area (Å²) in [6, 6.07) is 0. The molecule has 0 saturated heterocycles. The molecule has 0 aromatic carbocycles. The van der Waals surface area contributed by atoms with Crippen LogP contribution in [0.1, 0.15) is 0 Å². The topological polar surface area (TPSA) is 86.7 Å². The van der Waals surface area contributed by atoms with E-state index in [4.69, 9.17) is 0 Å². The van der Waals surface area contributed by atoms with Crippen LogP contribution in [-0.2, 0) is 29.4 Å². The summed E-state index contributed by atoms with van der Waals surface area (Å²) >= 11 is 0. The number of hydrogen-bond donors (Lipinski definition) is 0. The fourth-order valence-electron chi connectivity index (χ4n) is 0.644. The zero-order valence-electron chi connectivity index (χ0n) is 7.79. The number of alkyl halides is 6. The van der Waals surface area contributed by atoms with E-state index in [0.29, 0.717) is 0 Å². The molecule has 0 fully saturated rings. The molecule has 16 heteroatoms. The largest absolute Gasteiger partial charge is 0.455 e. The van der Waals surface area contributed by atoms with Gasteiger partial charge in [0.15, 0.2) is 0 Å². The number of halogens is 8. The molecule has 0 N–H and O–H groups in total. The summed E-state index contributed by atoms with van der Waals surface area (Å²) in [5, 5.41) is 0. The third kappa shape index (κ3) is 4.69. The Kier molecular flexibility index (Phi) is 4.49. The predicted molar refractivity (Wildman–Crippen MR) is 37.1 cm³/mol. The molecule has 6 nitrogen and oxygen atoms in total. The average Bonchev–Trinajstić information content (AvgIpc) is 1.91. The van der Waals surface area contributed by atoms with Crippen LogP contribution in [0, 0.1) is 0 Å². The van der Waals surface area contributed by atoms with Crippen LogP contribution in [-0.4, -0.2) is 35.0 Å². The van der Waals surface area contributed by atoms with Crippen molar-refractivity contribution in [3.8, 4) is 0 Å². The zero-order valence-corrected chi connectivity index (χ0v) is 9.42. The molecule has 0 heterocycles. The van der Waals surface area contributed by atoms with Gasteiger partial charge in [0.1, 0.15) is 0 Å². The molecule has 0 bridgehead atoms. The lowest BCUT2D eigenvalue weighted by atomic mass is 10.3. The van der Waals surface area contributed by atoms with Gasteiger partial charge < -0.3 is 0 Å². The van der Waals surface area contributed by atoms with Gasteiger partial charge >= 0.3 is 39.1 Å². The fraction of sp³-hybridized carbons (Fsp3) is 1.00. The van der Waals surface area contributed by atoms with Crippen LogP contribution in [0.4, 0.5) is 34.1 Å². The van der Waals surface area contributed by atoms with Crippen molar-refractivity contribution in [2.75, 3.05) is 0 Å². The minimum Gasteiger partial charge on any atom is -0.189 e. The molecule has 0 unspecified atom stereocenters. The summed E-state index contributed by atoms with van der Waals surface area (Å²) in [7, 11) is -14.0.